The normalized spacial score (nSPS) is 27.8. The highest BCUT2D eigenvalue weighted by atomic mass is 16.5. The number of ether oxygens (including phenoxy) is 1. The fourth-order valence-electron chi connectivity index (χ4n) is 6.21. The predicted octanol–water partition coefficient (Wildman–Crippen LogP) is 3.74. The molecule has 0 bridgehead atoms. The number of aromatic nitrogens is 5. The number of amides is 1. The molecule has 2 N–H and O–H groups in total. The Bertz CT molecular complexity index is 1220. The van der Waals surface area contributed by atoms with Crippen LogP contribution in [-0.4, -0.2) is 51.3 Å². The quantitative estimate of drug-likeness (QED) is 0.633. The van der Waals surface area contributed by atoms with Gasteiger partial charge in [-0.1, -0.05) is 20.8 Å². The molecule has 2 aliphatic carbocycles. The van der Waals surface area contributed by atoms with E-state index in [0.29, 0.717) is 17.0 Å². The van der Waals surface area contributed by atoms with E-state index in [4.69, 9.17) is 9.72 Å². The third kappa shape index (κ3) is 3.21. The summed E-state index contributed by atoms with van der Waals surface area (Å²) in [4.78, 5) is 27.5. The third-order valence-electron chi connectivity index (χ3n) is 8.94. The summed E-state index contributed by atoms with van der Waals surface area (Å²) in [6.45, 7) is 8.26. The predicted molar refractivity (Wildman–Crippen MR) is 126 cm³/mol. The van der Waals surface area contributed by atoms with Crippen molar-refractivity contribution in [2.75, 3.05) is 25.2 Å². The summed E-state index contributed by atoms with van der Waals surface area (Å²) >= 11 is 0. The van der Waals surface area contributed by atoms with Gasteiger partial charge in [0.15, 0.2) is 11.5 Å². The fraction of sp³-hybridized carbons (Fsp3) is 0.600. The van der Waals surface area contributed by atoms with E-state index in [2.05, 4.69) is 34.0 Å². The molecule has 0 unspecified atom stereocenters. The van der Waals surface area contributed by atoms with Crippen LogP contribution in [0.15, 0.2) is 12.3 Å². The van der Waals surface area contributed by atoms with Crippen LogP contribution in [0.1, 0.15) is 44.9 Å². The van der Waals surface area contributed by atoms with Gasteiger partial charge in [-0.15, -0.1) is 0 Å². The molecule has 3 aromatic rings. The maximum absolute atomic E-state index is 13.1. The highest BCUT2D eigenvalue weighted by molar-refractivity contribution is 5.95. The molecule has 0 radical (unpaired) electrons. The molecule has 1 amide bonds. The molecule has 1 aliphatic heterocycles. The number of hydrogen-bond acceptors (Lipinski definition) is 5. The summed E-state index contributed by atoms with van der Waals surface area (Å²) in [5.74, 6) is 2.67. The number of aromatic amines is 2. The minimum Gasteiger partial charge on any atom is -0.381 e. The van der Waals surface area contributed by atoms with Gasteiger partial charge in [0.1, 0.15) is 5.69 Å². The van der Waals surface area contributed by atoms with Gasteiger partial charge in [0.25, 0.3) is 0 Å². The molecule has 1 saturated heterocycles. The van der Waals surface area contributed by atoms with Crippen LogP contribution in [-0.2, 0) is 22.4 Å². The monoisotopic (exact) mass is 448 g/mol. The second-order valence-corrected chi connectivity index (χ2v) is 10.6. The van der Waals surface area contributed by atoms with Crippen LogP contribution in [0.25, 0.3) is 22.7 Å². The molecule has 3 aliphatic rings. The van der Waals surface area contributed by atoms with E-state index in [9.17, 15) is 4.79 Å². The highest BCUT2D eigenvalue weighted by Crippen LogP contribution is 2.64. The van der Waals surface area contributed by atoms with Crippen LogP contribution in [0.5, 0.6) is 0 Å². The molecule has 3 aromatic heterocycles. The van der Waals surface area contributed by atoms with Crippen molar-refractivity contribution in [1.82, 2.24) is 25.1 Å². The number of rotatable bonds is 4. The third-order valence-corrected chi connectivity index (χ3v) is 8.94. The van der Waals surface area contributed by atoms with Gasteiger partial charge in [-0.25, -0.2) is 9.97 Å². The van der Waals surface area contributed by atoms with Crippen LogP contribution in [0.2, 0.25) is 0 Å². The Morgan fingerprint density at radius 3 is 2.91 bits per heavy atom. The van der Waals surface area contributed by atoms with Gasteiger partial charge < -0.3 is 14.6 Å². The smallest absolute Gasteiger partial charge is 0.229 e. The number of H-pyrrole nitrogens is 2. The zero-order chi connectivity index (χ0) is 22.9. The molecule has 0 spiro atoms. The molecular formula is C25H32N6O2. The van der Waals surface area contributed by atoms with E-state index < -0.39 is 0 Å². The summed E-state index contributed by atoms with van der Waals surface area (Å²) in [5, 5.41) is 7.88. The Balaban J connectivity index is 1.25. The van der Waals surface area contributed by atoms with Crippen molar-refractivity contribution in [3.8, 4) is 11.5 Å². The first kappa shape index (κ1) is 20.8. The van der Waals surface area contributed by atoms with Crippen molar-refractivity contribution >= 4 is 22.8 Å². The van der Waals surface area contributed by atoms with Gasteiger partial charge in [-0.2, -0.15) is 5.10 Å². The first-order valence-electron chi connectivity index (χ1n) is 12.1. The molecule has 6 rings (SSSR count). The lowest BCUT2D eigenvalue weighted by molar-refractivity contribution is -0.124. The Morgan fingerprint density at radius 2 is 2.12 bits per heavy atom. The Morgan fingerprint density at radius 1 is 1.33 bits per heavy atom. The van der Waals surface area contributed by atoms with E-state index in [0.717, 1.165) is 73.5 Å². The maximum atomic E-state index is 13.1. The lowest BCUT2D eigenvalue weighted by atomic mass is 9.86. The minimum atomic E-state index is -0.0435. The summed E-state index contributed by atoms with van der Waals surface area (Å²) < 4.78 is 5.46. The number of nitrogens with zero attached hydrogens (tertiary/aromatic N) is 4. The van der Waals surface area contributed by atoms with Gasteiger partial charge in [-0.3, -0.25) is 9.89 Å². The fourth-order valence-corrected chi connectivity index (χ4v) is 6.21. The number of fused-ring (bicyclic) bond motifs is 3. The van der Waals surface area contributed by atoms with Crippen molar-refractivity contribution in [3.05, 3.63) is 23.5 Å². The van der Waals surface area contributed by atoms with Crippen molar-refractivity contribution in [1.29, 1.82) is 0 Å². The molecule has 8 heteroatoms. The number of nitrogens with one attached hydrogen (secondary N) is 2. The summed E-state index contributed by atoms with van der Waals surface area (Å²) in [5.41, 5.74) is 6.09. The Labute approximate surface area is 193 Å². The summed E-state index contributed by atoms with van der Waals surface area (Å²) in [6.07, 6.45) is 5.72. The molecule has 33 heavy (non-hydrogen) atoms. The number of carbonyl (C=O) groups is 1. The average molecular weight is 449 g/mol. The van der Waals surface area contributed by atoms with Crippen molar-refractivity contribution in [2.45, 2.75) is 46.5 Å². The minimum absolute atomic E-state index is 0.0435. The Kier molecular flexibility index (Phi) is 4.66. The zero-order valence-electron chi connectivity index (χ0n) is 19.8. The molecule has 174 valence electrons. The van der Waals surface area contributed by atoms with Gasteiger partial charge in [0.05, 0.1) is 17.4 Å². The number of anilines is 1. The lowest BCUT2D eigenvalue weighted by Gasteiger charge is -2.30. The van der Waals surface area contributed by atoms with Crippen LogP contribution < -0.4 is 4.90 Å². The first-order chi connectivity index (χ1) is 15.9. The van der Waals surface area contributed by atoms with E-state index in [1.54, 1.807) is 11.1 Å². The van der Waals surface area contributed by atoms with Crippen LogP contribution >= 0.6 is 0 Å². The second-order valence-electron chi connectivity index (χ2n) is 10.6. The molecule has 4 heterocycles. The van der Waals surface area contributed by atoms with Gasteiger partial charge in [0.2, 0.25) is 5.91 Å². The molecular weight excluding hydrogens is 416 g/mol. The number of carbonyl (C=O) groups excluding carboxylic acids is 1. The standard InChI is InChI=1S/C25H32N6O2/c1-13(15-5-7-33-8-6-15)24(32)31(4)16-9-19-22(26-12-16)28-23(27-19)21-17-10-18-14(2)25(18,3)11-20(17)29-30-21/h9,12-15,18H,5-8,10-11H2,1-4H3,(H,29,30)(H,26,27,28)/t13-,14+,18-,25+/m1/s1. The maximum Gasteiger partial charge on any atom is 0.229 e. The molecule has 2 fully saturated rings. The topological polar surface area (TPSA) is 99.8 Å². The molecule has 4 atom stereocenters. The largest absolute Gasteiger partial charge is 0.381 e. The SMILES string of the molecule is C[C@@H](C(=O)N(C)c1cnc2nc(-c3n[nH]c4c3C[C@@H]3[C@H](C)[C@]3(C)C4)[nH]c2c1)C1CCOCC1. The Hall–Kier alpha value is -2.74. The first-order valence-corrected chi connectivity index (χ1v) is 12.1. The molecule has 1 saturated carbocycles. The van der Waals surface area contributed by atoms with E-state index in [1.165, 1.54) is 11.3 Å². The summed E-state index contributed by atoms with van der Waals surface area (Å²) in [6, 6.07) is 1.96. The lowest BCUT2D eigenvalue weighted by Crippen LogP contribution is -2.37. The van der Waals surface area contributed by atoms with Crippen LogP contribution in [0.3, 0.4) is 0 Å². The highest BCUT2D eigenvalue weighted by Gasteiger charge is 2.60. The second kappa shape index (κ2) is 7.38. The average Bonchev–Trinajstić information content (AvgIpc) is 3.19. The van der Waals surface area contributed by atoms with Crippen LogP contribution in [0.4, 0.5) is 5.69 Å². The van der Waals surface area contributed by atoms with Gasteiger partial charge in [0, 0.05) is 37.4 Å². The van der Waals surface area contributed by atoms with Gasteiger partial charge >= 0.3 is 0 Å². The van der Waals surface area contributed by atoms with Crippen LogP contribution in [0, 0.1) is 29.1 Å². The van der Waals surface area contributed by atoms with Crippen molar-refractivity contribution in [3.63, 3.8) is 0 Å². The van der Waals surface area contributed by atoms with Crippen molar-refractivity contribution in [2.24, 2.45) is 29.1 Å². The van der Waals surface area contributed by atoms with E-state index in [1.807, 2.05) is 20.0 Å². The van der Waals surface area contributed by atoms with Gasteiger partial charge in [-0.05, 0) is 54.9 Å². The number of imidazole rings is 1. The van der Waals surface area contributed by atoms with E-state index in [-0.39, 0.29) is 11.8 Å². The molecule has 8 nitrogen and oxygen atoms in total. The number of hydrogen-bond donors (Lipinski definition) is 2. The zero-order valence-corrected chi connectivity index (χ0v) is 19.8. The van der Waals surface area contributed by atoms with Crippen molar-refractivity contribution < 1.29 is 9.53 Å². The summed E-state index contributed by atoms with van der Waals surface area (Å²) in [7, 11) is 1.83. The molecule has 0 aromatic carbocycles. The number of pyridine rings is 1. The van der Waals surface area contributed by atoms with E-state index >= 15 is 0 Å².